The van der Waals surface area contributed by atoms with Crippen LogP contribution >= 0.6 is 0 Å². The molecular formula is C13H17F4NO. The number of hydrogen-bond donors (Lipinski definition) is 1. The van der Waals surface area contributed by atoms with Gasteiger partial charge in [0.2, 0.25) is 0 Å². The summed E-state index contributed by atoms with van der Waals surface area (Å²) in [6.07, 6.45) is -0.970. The van der Waals surface area contributed by atoms with Crippen LogP contribution in [-0.4, -0.2) is 25.6 Å². The van der Waals surface area contributed by atoms with E-state index in [1.807, 2.05) is 6.92 Å². The molecule has 0 heterocycles. The second kappa shape index (κ2) is 7.99. The van der Waals surface area contributed by atoms with Crippen LogP contribution in [0.4, 0.5) is 17.6 Å². The van der Waals surface area contributed by atoms with Gasteiger partial charge in [-0.25, -0.2) is 8.78 Å². The van der Waals surface area contributed by atoms with Crippen LogP contribution in [0.3, 0.4) is 0 Å². The third-order valence-corrected chi connectivity index (χ3v) is 2.64. The van der Waals surface area contributed by atoms with E-state index in [4.69, 9.17) is 0 Å². The van der Waals surface area contributed by atoms with Gasteiger partial charge < -0.3 is 10.1 Å². The van der Waals surface area contributed by atoms with Crippen molar-refractivity contribution in [2.45, 2.75) is 38.8 Å². The van der Waals surface area contributed by atoms with Gasteiger partial charge in [0.05, 0.1) is 6.54 Å². The highest BCUT2D eigenvalue weighted by Gasteiger charge is 2.07. The topological polar surface area (TPSA) is 21.3 Å². The normalized spacial score (nSPS) is 13.0. The van der Waals surface area contributed by atoms with Crippen molar-refractivity contribution >= 4 is 0 Å². The molecule has 1 atom stereocenters. The van der Waals surface area contributed by atoms with E-state index in [1.165, 1.54) is 12.1 Å². The smallest absolute Gasteiger partial charge is 0.387 e. The van der Waals surface area contributed by atoms with Crippen molar-refractivity contribution in [1.29, 1.82) is 0 Å². The Balaban J connectivity index is 2.33. The molecule has 0 aliphatic rings. The number of hydrogen-bond acceptors (Lipinski definition) is 2. The van der Waals surface area contributed by atoms with Crippen molar-refractivity contribution in [3.05, 3.63) is 29.8 Å². The highest BCUT2D eigenvalue weighted by atomic mass is 19.3. The summed E-state index contributed by atoms with van der Waals surface area (Å²) in [6.45, 7) is -1.32. The number of rotatable bonds is 8. The van der Waals surface area contributed by atoms with Gasteiger partial charge in [-0.2, -0.15) is 8.78 Å². The van der Waals surface area contributed by atoms with Crippen molar-refractivity contribution in [3.63, 3.8) is 0 Å². The monoisotopic (exact) mass is 279 g/mol. The van der Waals surface area contributed by atoms with Gasteiger partial charge in [0, 0.05) is 6.04 Å². The second-order valence-electron chi connectivity index (χ2n) is 4.26. The summed E-state index contributed by atoms with van der Waals surface area (Å²) >= 11 is 0. The molecule has 108 valence electrons. The minimum Gasteiger partial charge on any atom is -0.435 e. The molecule has 1 aromatic carbocycles. The Bertz CT molecular complexity index is 356. The third kappa shape index (κ3) is 7.00. The predicted octanol–water partition coefficient (Wildman–Crippen LogP) is 3.46. The molecule has 0 aliphatic heterocycles. The largest absolute Gasteiger partial charge is 0.435 e. The summed E-state index contributed by atoms with van der Waals surface area (Å²) in [5.41, 5.74) is 0.951. The summed E-state index contributed by atoms with van der Waals surface area (Å²) in [4.78, 5) is 0. The van der Waals surface area contributed by atoms with E-state index in [0.717, 1.165) is 5.56 Å². The van der Waals surface area contributed by atoms with Gasteiger partial charge >= 0.3 is 6.61 Å². The number of aryl methyl sites for hydroxylation is 1. The summed E-state index contributed by atoms with van der Waals surface area (Å²) < 4.78 is 52.0. The first-order chi connectivity index (χ1) is 8.97. The maximum absolute atomic E-state index is 12.0. The van der Waals surface area contributed by atoms with E-state index in [1.54, 1.807) is 12.1 Å². The van der Waals surface area contributed by atoms with E-state index in [2.05, 4.69) is 10.1 Å². The number of halogens is 4. The van der Waals surface area contributed by atoms with Crippen molar-refractivity contribution in [2.24, 2.45) is 0 Å². The molecule has 1 aromatic rings. The van der Waals surface area contributed by atoms with Crippen LogP contribution in [0.5, 0.6) is 5.75 Å². The molecule has 1 rings (SSSR count). The third-order valence-electron chi connectivity index (χ3n) is 2.64. The fraction of sp³-hybridized carbons (Fsp3) is 0.538. The molecule has 0 aliphatic carbocycles. The zero-order valence-corrected chi connectivity index (χ0v) is 10.6. The predicted molar refractivity (Wildman–Crippen MR) is 64.9 cm³/mol. The van der Waals surface area contributed by atoms with Gasteiger partial charge in [0.1, 0.15) is 5.75 Å². The number of ether oxygens (including phenoxy) is 1. The molecule has 0 spiro atoms. The Hall–Kier alpha value is -1.30. The van der Waals surface area contributed by atoms with E-state index in [0.29, 0.717) is 12.8 Å². The van der Waals surface area contributed by atoms with Crippen LogP contribution in [0.25, 0.3) is 0 Å². The molecule has 1 N–H and O–H groups in total. The number of nitrogens with one attached hydrogen (secondary N) is 1. The van der Waals surface area contributed by atoms with E-state index >= 15 is 0 Å². The lowest BCUT2D eigenvalue weighted by molar-refractivity contribution is -0.0498. The minimum absolute atomic E-state index is 0.0222. The molecule has 0 fully saturated rings. The average molecular weight is 279 g/mol. The van der Waals surface area contributed by atoms with Crippen LogP contribution in [0.1, 0.15) is 18.9 Å². The van der Waals surface area contributed by atoms with Crippen LogP contribution in [0.15, 0.2) is 24.3 Å². The first kappa shape index (κ1) is 15.8. The number of alkyl halides is 4. The summed E-state index contributed by atoms with van der Waals surface area (Å²) in [5.74, 6) is 0.114. The van der Waals surface area contributed by atoms with Crippen LogP contribution < -0.4 is 10.1 Å². The van der Waals surface area contributed by atoms with Crippen LogP contribution in [0, 0.1) is 0 Å². The van der Waals surface area contributed by atoms with E-state index < -0.39 is 13.0 Å². The average Bonchev–Trinajstić information content (AvgIpc) is 2.35. The standard InChI is InChI=1S/C13H17F4NO/c1-9(18-8-12(14)15)2-3-10-4-6-11(7-5-10)19-13(16)17/h4-7,9,12-13,18H,2-3,8H2,1H3. The fourth-order valence-corrected chi connectivity index (χ4v) is 1.61. The maximum atomic E-state index is 12.0. The molecule has 2 nitrogen and oxygen atoms in total. The molecule has 0 saturated carbocycles. The molecule has 1 unspecified atom stereocenters. The molecule has 0 amide bonds. The van der Waals surface area contributed by atoms with Crippen molar-refractivity contribution < 1.29 is 22.3 Å². The Morgan fingerprint density at radius 1 is 1.11 bits per heavy atom. The summed E-state index contributed by atoms with van der Waals surface area (Å²) in [7, 11) is 0. The van der Waals surface area contributed by atoms with Gasteiger partial charge in [-0.15, -0.1) is 0 Å². The van der Waals surface area contributed by atoms with Gasteiger partial charge in [-0.3, -0.25) is 0 Å². The summed E-state index contributed by atoms with van der Waals surface area (Å²) in [5, 5.41) is 2.72. The van der Waals surface area contributed by atoms with Crippen LogP contribution in [-0.2, 0) is 6.42 Å². The minimum atomic E-state index is -2.83. The Morgan fingerprint density at radius 3 is 2.26 bits per heavy atom. The lowest BCUT2D eigenvalue weighted by Crippen LogP contribution is -2.30. The van der Waals surface area contributed by atoms with Gasteiger partial charge in [0.25, 0.3) is 6.43 Å². The summed E-state index contributed by atoms with van der Waals surface area (Å²) in [6, 6.07) is 6.30. The Morgan fingerprint density at radius 2 is 1.74 bits per heavy atom. The lowest BCUT2D eigenvalue weighted by atomic mass is 10.1. The lowest BCUT2D eigenvalue weighted by Gasteiger charge is -2.13. The molecule has 19 heavy (non-hydrogen) atoms. The zero-order chi connectivity index (χ0) is 14.3. The highest BCUT2D eigenvalue weighted by Crippen LogP contribution is 2.16. The fourth-order valence-electron chi connectivity index (χ4n) is 1.61. The van der Waals surface area contributed by atoms with E-state index in [9.17, 15) is 17.6 Å². The quantitative estimate of drug-likeness (QED) is 0.736. The molecule has 0 radical (unpaired) electrons. The highest BCUT2D eigenvalue weighted by molar-refractivity contribution is 5.27. The van der Waals surface area contributed by atoms with E-state index in [-0.39, 0.29) is 18.3 Å². The first-order valence-corrected chi connectivity index (χ1v) is 6.02. The van der Waals surface area contributed by atoms with Crippen molar-refractivity contribution in [3.8, 4) is 5.75 Å². The van der Waals surface area contributed by atoms with Crippen LogP contribution in [0.2, 0.25) is 0 Å². The SMILES string of the molecule is CC(CCc1ccc(OC(F)F)cc1)NCC(F)F. The Labute approximate surface area is 109 Å². The molecular weight excluding hydrogens is 262 g/mol. The van der Waals surface area contributed by atoms with Crippen molar-refractivity contribution in [2.75, 3.05) is 6.54 Å². The molecule has 0 bridgehead atoms. The molecule has 0 aromatic heterocycles. The van der Waals surface area contributed by atoms with Gasteiger partial charge in [0.15, 0.2) is 0 Å². The van der Waals surface area contributed by atoms with Gasteiger partial charge in [-0.1, -0.05) is 12.1 Å². The number of benzene rings is 1. The van der Waals surface area contributed by atoms with Gasteiger partial charge in [-0.05, 0) is 37.5 Å². The maximum Gasteiger partial charge on any atom is 0.387 e. The zero-order valence-electron chi connectivity index (χ0n) is 10.6. The first-order valence-electron chi connectivity index (χ1n) is 6.02. The molecule has 0 saturated heterocycles. The Kier molecular flexibility index (Phi) is 6.62. The van der Waals surface area contributed by atoms with Crippen molar-refractivity contribution in [1.82, 2.24) is 5.32 Å². The molecule has 6 heteroatoms. The second-order valence-corrected chi connectivity index (χ2v) is 4.26.